The van der Waals surface area contributed by atoms with Crippen LogP contribution in [0.4, 0.5) is 4.39 Å². The van der Waals surface area contributed by atoms with Crippen LogP contribution in [-0.2, 0) is 11.3 Å². The molecule has 1 unspecified atom stereocenters. The third-order valence-electron chi connectivity index (χ3n) is 3.43. The van der Waals surface area contributed by atoms with Crippen molar-refractivity contribution in [3.8, 4) is 0 Å². The number of likely N-dealkylation sites (N-methyl/N-ethyl adjacent to an activating group) is 1. The minimum Gasteiger partial charge on any atom is -0.348 e. The summed E-state index contributed by atoms with van der Waals surface area (Å²) in [5, 5.41) is 3.00. The molecule has 0 aromatic heterocycles. The van der Waals surface area contributed by atoms with Gasteiger partial charge in [0.25, 0.3) is 5.91 Å². The molecule has 1 amide bonds. The Hall–Kier alpha value is -1.42. The third kappa shape index (κ3) is 3.53. The SMILES string of the molecule is C[C@H](C(=O)NC1CC1)[NH+](C)Cc1cccc(F)c1. The number of benzene rings is 1. The van der Waals surface area contributed by atoms with Gasteiger partial charge in [-0.05, 0) is 31.9 Å². The normalized spacial score (nSPS) is 18.2. The zero-order chi connectivity index (χ0) is 13.1. The topological polar surface area (TPSA) is 33.5 Å². The zero-order valence-corrected chi connectivity index (χ0v) is 10.9. The van der Waals surface area contributed by atoms with Gasteiger partial charge in [0.2, 0.25) is 0 Å². The fraction of sp³-hybridized carbons (Fsp3) is 0.500. The maximum atomic E-state index is 13.1. The van der Waals surface area contributed by atoms with E-state index < -0.39 is 0 Å². The molecule has 4 heteroatoms. The van der Waals surface area contributed by atoms with E-state index in [9.17, 15) is 9.18 Å². The van der Waals surface area contributed by atoms with E-state index in [0.29, 0.717) is 12.6 Å². The van der Waals surface area contributed by atoms with Gasteiger partial charge in [0.15, 0.2) is 6.04 Å². The van der Waals surface area contributed by atoms with Crippen LogP contribution in [0.15, 0.2) is 24.3 Å². The Bertz CT molecular complexity index is 432. The molecule has 1 aliphatic carbocycles. The van der Waals surface area contributed by atoms with Gasteiger partial charge in [-0.1, -0.05) is 12.1 Å². The fourth-order valence-electron chi connectivity index (χ4n) is 1.90. The van der Waals surface area contributed by atoms with Crippen LogP contribution in [0.25, 0.3) is 0 Å². The number of nitrogens with one attached hydrogen (secondary N) is 2. The molecule has 1 aromatic rings. The third-order valence-corrected chi connectivity index (χ3v) is 3.43. The highest BCUT2D eigenvalue weighted by Crippen LogP contribution is 2.18. The molecule has 18 heavy (non-hydrogen) atoms. The molecule has 1 saturated carbocycles. The molecule has 0 heterocycles. The lowest BCUT2D eigenvalue weighted by atomic mass is 10.2. The molecule has 2 rings (SSSR count). The van der Waals surface area contributed by atoms with Crippen LogP contribution >= 0.6 is 0 Å². The first-order valence-electron chi connectivity index (χ1n) is 6.43. The molecule has 1 aliphatic rings. The number of hydrogen-bond acceptors (Lipinski definition) is 1. The van der Waals surface area contributed by atoms with Crippen LogP contribution in [0.3, 0.4) is 0 Å². The number of hydrogen-bond donors (Lipinski definition) is 2. The molecule has 0 saturated heterocycles. The van der Waals surface area contributed by atoms with Crippen molar-refractivity contribution in [3.63, 3.8) is 0 Å². The van der Waals surface area contributed by atoms with E-state index >= 15 is 0 Å². The summed E-state index contributed by atoms with van der Waals surface area (Å²) in [7, 11) is 1.96. The fourth-order valence-corrected chi connectivity index (χ4v) is 1.90. The Morgan fingerprint density at radius 2 is 2.28 bits per heavy atom. The van der Waals surface area contributed by atoms with E-state index in [-0.39, 0.29) is 17.8 Å². The number of rotatable bonds is 5. The van der Waals surface area contributed by atoms with Crippen molar-refractivity contribution in [1.29, 1.82) is 0 Å². The van der Waals surface area contributed by atoms with E-state index in [1.54, 1.807) is 6.07 Å². The molecule has 0 radical (unpaired) electrons. The average molecular weight is 251 g/mol. The lowest BCUT2D eigenvalue weighted by Gasteiger charge is -2.21. The van der Waals surface area contributed by atoms with Crippen molar-refractivity contribution < 1.29 is 14.1 Å². The van der Waals surface area contributed by atoms with Gasteiger partial charge in [-0.25, -0.2) is 4.39 Å². The maximum absolute atomic E-state index is 13.1. The summed E-state index contributed by atoms with van der Waals surface area (Å²) in [6.07, 6.45) is 2.20. The smallest absolute Gasteiger partial charge is 0.278 e. The van der Waals surface area contributed by atoms with Crippen LogP contribution in [0.1, 0.15) is 25.3 Å². The highest BCUT2D eigenvalue weighted by atomic mass is 19.1. The number of carbonyl (C=O) groups is 1. The molecule has 1 aromatic carbocycles. The average Bonchev–Trinajstić information content (AvgIpc) is 3.11. The first kappa shape index (κ1) is 13.0. The summed E-state index contributed by atoms with van der Waals surface area (Å²) in [5.74, 6) is -0.137. The molecule has 2 N–H and O–H groups in total. The standard InChI is InChI=1S/C14H19FN2O/c1-10(14(18)16-13-6-7-13)17(2)9-11-4-3-5-12(15)8-11/h3-5,8,10,13H,6-7,9H2,1-2H3,(H,16,18)/p+1/t10-/m1/s1. The van der Waals surface area contributed by atoms with Gasteiger partial charge >= 0.3 is 0 Å². The number of carbonyl (C=O) groups excluding carboxylic acids is 1. The molecule has 1 fully saturated rings. The van der Waals surface area contributed by atoms with Crippen LogP contribution in [0, 0.1) is 5.82 Å². The van der Waals surface area contributed by atoms with Gasteiger partial charge < -0.3 is 10.2 Å². The maximum Gasteiger partial charge on any atom is 0.278 e. The lowest BCUT2D eigenvalue weighted by molar-refractivity contribution is -0.908. The quantitative estimate of drug-likeness (QED) is 0.785. The van der Waals surface area contributed by atoms with Gasteiger partial charge in [-0.2, -0.15) is 0 Å². The van der Waals surface area contributed by atoms with E-state index in [1.165, 1.54) is 12.1 Å². The van der Waals surface area contributed by atoms with E-state index in [0.717, 1.165) is 23.3 Å². The highest BCUT2D eigenvalue weighted by Gasteiger charge is 2.29. The summed E-state index contributed by atoms with van der Waals surface area (Å²) >= 11 is 0. The Morgan fingerprint density at radius 3 is 2.89 bits per heavy atom. The van der Waals surface area contributed by atoms with Crippen LogP contribution in [-0.4, -0.2) is 25.0 Å². The summed E-state index contributed by atoms with van der Waals surface area (Å²) in [5.41, 5.74) is 0.915. The van der Waals surface area contributed by atoms with Crippen LogP contribution in [0.2, 0.25) is 0 Å². The van der Waals surface area contributed by atoms with Crippen molar-refractivity contribution in [2.45, 2.75) is 38.4 Å². The summed E-state index contributed by atoms with van der Waals surface area (Å²) in [6.45, 7) is 2.56. The molecular weight excluding hydrogens is 231 g/mol. The van der Waals surface area contributed by atoms with Crippen LogP contribution < -0.4 is 10.2 Å². The second kappa shape index (κ2) is 5.48. The molecule has 0 bridgehead atoms. The molecule has 2 atom stereocenters. The van der Waals surface area contributed by atoms with Gasteiger partial charge in [0.05, 0.1) is 7.05 Å². The first-order chi connectivity index (χ1) is 8.56. The van der Waals surface area contributed by atoms with Crippen molar-refractivity contribution in [3.05, 3.63) is 35.6 Å². The van der Waals surface area contributed by atoms with Gasteiger partial charge in [-0.15, -0.1) is 0 Å². The molecule has 0 aliphatic heterocycles. The van der Waals surface area contributed by atoms with Gasteiger partial charge in [-0.3, -0.25) is 4.79 Å². The Kier molecular flexibility index (Phi) is 3.97. The van der Waals surface area contributed by atoms with Gasteiger partial charge in [0, 0.05) is 11.6 Å². The largest absolute Gasteiger partial charge is 0.348 e. The second-order valence-electron chi connectivity index (χ2n) is 5.16. The second-order valence-corrected chi connectivity index (χ2v) is 5.16. The first-order valence-corrected chi connectivity index (χ1v) is 6.43. The summed E-state index contributed by atoms with van der Waals surface area (Å²) in [4.78, 5) is 13.0. The molecule has 3 nitrogen and oxygen atoms in total. The Balaban J connectivity index is 1.89. The predicted octanol–water partition coefficient (Wildman–Crippen LogP) is 0.508. The molecule has 0 spiro atoms. The van der Waals surface area contributed by atoms with Crippen molar-refractivity contribution >= 4 is 5.91 Å². The summed E-state index contributed by atoms with van der Waals surface area (Å²) in [6, 6.07) is 6.82. The minimum absolute atomic E-state index is 0.0893. The molecule has 98 valence electrons. The number of halogens is 1. The van der Waals surface area contributed by atoms with E-state index in [4.69, 9.17) is 0 Å². The van der Waals surface area contributed by atoms with E-state index in [1.807, 2.05) is 20.0 Å². The number of quaternary nitrogens is 1. The summed E-state index contributed by atoms with van der Waals surface area (Å²) < 4.78 is 13.1. The van der Waals surface area contributed by atoms with Crippen molar-refractivity contribution in [2.75, 3.05) is 7.05 Å². The van der Waals surface area contributed by atoms with Crippen molar-refractivity contribution in [1.82, 2.24) is 5.32 Å². The monoisotopic (exact) mass is 251 g/mol. The number of amides is 1. The van der Waals surface area contributed by atoms with E-state index in [2.05, 4.69) is 5.32 Å². The van der Waals surface area contributed by atoms with Crippen molar-refractivity contribution in [2.24, 2.45) is 0 Å². The highest BCUT2D eigenvalue weighted by molar-refractivity contribution is 5.80. The lowest BCUT2D eigenvalue weighted by Crippen LogP contribution is -3.12. The zero-order valence-electron chi connectivity index (χ0n) is 10.9. The predicted molar refractivity (Wildman–Crippen MR) is 67.6 cm³/mol. The van der Waals surface area contributed by atoms with Gasteiger partial charge in [0.1, 0.15) is 12.4 Å². The van der Waals surface area contributed by atoms with Crippen LogP contribution in [0.5, 0.6) is 0 Å². The minimum atomic E-state index is -0.226. The molecular formula is C14H20FN2O+. The Morgan fingerprint density at radius 1 is 1.56 bits per heavy atom. The Labute approximate surface area is 107 Å².